The van der Waals surface area contributed by atoms with Crippen molar-refractivity contribution in [2.24, 2.45) is 11.8 Å². The molecular weight excluding hydrogens is 224 g/mol. The van der Waals surface area contributed by atoms with E-state index in [1.54, 1.807) is 0 Å². The van der Waals surface area contributed by atoms with Crippen molar-refractivity contribution >= 4 is 16.6 Å². The lowest BCUT2D eigenvalue weighted by molar-refractivity contribution is 0.533. The Bertz CT molecular complexity index is 566. The van der Waals surface area contributed by atoms with E-state index in [0.717, 1.165) is 43.8 Å². The van der Waals surface area contributed by atoms with Crippen LogP contribution in [0, 0.1) is 11.8 Å². The van der Waals surface area contributed by atoms with E-state index in [4.69, 9.17) is 0 Å². The fraction of sp³-hybridized carbons (Fsp3) is 0.429. The molecule has 2 aliphatic rings. The lowest BCUT2D eigenvalue weighted by Crippen LogP contribution is -2.26. The largest absolute Gasteiger partial charge is 0.354 e. The average Bonchev–Trinajstić information content (AvgIpc) is 2.99. The highest BCUT2D eigenvalue weighted by Crippen LogP contribution is 2.32. The summed E-state index contributed by atoms with van der Waals surface area (Å²) in [5, 5.41) is 14.4. The van der Waals surface area contributed by atoms with Gasteiger partial charge in [-0.1, -0.05) is 24.3 Å². The van der Waals surface area contributed by atoms with Gasteiger partial charge in [0.05, 0.1) is 6.20 Å². The molecule has 2 atom stereocenters. The summed E-state index contributed by atoms with van der Waals surface area (Å²) >= 11 is 0. The van der Waals surface area contributed by atoms with Crippen molar-refractivity contribution in [2.45, 2.75) is 0 Å². The first kappa shape index (κ1) is 10.3. The number of aromatic nitrogens is 2. The van der Waals surface area contributed by atoms with Crippen LogP contribution in [-0.4, -0.2) is 36.4 Å². The van der Waals surface area contributed by atoms with Gasteiger partial charge in [0.15, 0.2) is 5.82 Å². The maximum Gasteiger partial charge on any atom is 0.159 e. The Kier molecular flexibility index (Phi) is 2.23. The number of hydrogen-bond acceptors (Lipinski definition) is 4. The molecule has 92 valence electrons. The van der Waals surface area contributed by atoms with Crippen molar-refractivity contribution in [3.63, 3.8) is 0 Å². The third-order valence-electron chi connectivity index (χ3n) is 4.24. The molecule has 4 heteroatoms. The van der Waals surface area contributed by atoms with E-state index in [1.807, 2.05) is 6.20 Å². The molecule has 18 heavy (non-hydrogen) atoms. The third kappa shape index (κ3) is 1.49. The van der Waals surface area contributed by atoms with E-state index in [0.29, 0.717) is 0 Å². The zero-order valence-corrected chi connectivity index (χ0v) is 10.2. The zero-order valence-electron chi connectivity index (χ0n) is 10.2. The molecule has 0 amide bonds. The summed E-state index contributed by atoms with van der Waals surface area (Å²) in [5.41, 5.74) is 0. The number of benzene rings is 1. The SMILES string of the molecule is c1ccc2c(N3CC4CNCC4C3)nncc2c1. The molecular formula is C14H16N4. The Morgan fingerprint density at radius 1 is 1.11 bits per heavy atom. The first-order chi connectivity index (χ1) is 8.92. The van der Waals surface area contributed by atoms with Crippen LogP contribution in [0.2, 0.25) is 0 Å². The molecule has 0 spiro atoms. The Labute approximate surface area is 106 Å². The average molecular weight is 240 g/mol. The van der Waals surface area contributed by atoms with Gasteiger partial charge in [0.25, 0.3) is 0 Å². The molecule has 0 radical (unpaired) electrons. The molecule has 2 fully saturated rings. The van der Waals surface area contributed by atoms with Crippen LogP contribution in [0.3, 0.4) is 0 Å². The van der Waals surface area contributed by atoms with Gasteiger partial charge in [0.2, 0.25) is 0 Å². The van der Waals surface area contributed by atoms with Crippen LogP contribution in [0.15, 0.2) is 30.5 Å². The number of anilines is 1. The fourth-order valence-corrected chi connectivity index (χ4v) is 3.27. The van der Waals surface area contributed by atoms with E-state index in [-0.39, 0.29) is 0 Å². The van der Waals surface area contributed by atoms with Crippen molar-refractivity contribution in [1.29, 1.82) is 0 Å². The standard InChI is InChI=1S/C14H16N4/c1-2-4-13-10(3-1)7-16-17-14(13)18-8-11-5-15-6-12(11)9-18/h1-4,7,11-12,15H,5-6,8-9H2. The second-order valence-electron chi connectivity index (χ2n) is 5.34. The van der Waals surface area contributed by atoms with E-state index in [9.17, 15) is 0 Å². The summed E-state index contributed by atoms with van der Waals surface area (Å²) in [6.07, 6.45) is 1.84. The second-order valence-corrected chi connectivity index (χ2v) is 5.34. The van der Waals surface area contributed by atoms with Gasteiger partial charge >= 0.3 is 0 Å². The molecule has 4 rings (SSSR count). The molecule has 3 heterocycles. The summed E-state index contributed by atoms with van der Waals surface area (Å²) in [4.78, 5) is 2.41. The fourth-order valence-electron chi connectivity index (χ4n) is 3.27. The molecule has 1 aromatic heterocycles. The summed E-state index contributed by atoms with van der Waals surface area (Å²) in [7, 11) is 0. The highest BCUT2D eigenvalue weighted by Gasteiger charge is 2.37. The van der Waals surface area contributed by atoms with Crippen molar-refractivity contribution < 1.29 is 0 Å². The highest BCUT2D eigenvalue weighted by molar-refractivity contribution is 5.91. The van der Waals surface area contributed by atoms with Gasteiger partial charge in [-0.25, -0.2) is 0 Å². The first-order valence-corrected chi connectivity index (χ1v) is 6.58. The Morgan fingerprint density at radius 2 is 1.89 bits per heavy atom. The van der Waals surface area contributed by atoms with Gasteiger partial charge in [-0.3, -0.25) is 0 Å². The van der Waals surface area contributed by atoms with Gasteiger partial charge in [-0.15, -0.1) is 5.10 Å². The van der Waals surface area contributed by atoms with Crippen LogP contribution in [0.25, 0.3) is 10.8 Å². The maximum atomic E-state index is 4.37. The number of nitrogens with zero attached hydrogens (tertiary/aromatic N) is 3. The normalized spacial score (nSPS) is 26.8. The van der Waals surface area contributed by atoms with Crippen molar-refractivity contribution in [3.05, 3.63) is 30.5 Å². The lowest BCUT2D eigenvalue weighted by atomic mass is 10.0. The number of hydrogen-bond donors (Lipinski definition) is 1. The number of nitrogens with one attached hydrogen (secondary N) is 1. The molecule has 0 bridgehead atoms. The first-order valence-electron chi connectivity index (χ1n) is 6.58. The quantitative estimate of drug-likeness (QED) is 0.815. The summed E-state index contributed by atoms with van der Waals surface area (Å²) in [6, 6.07) is 8.38. The molecule has 2 saturated heterocycles. The molecule has 2 unspecified atom stereocenters. The molecule has 2 aliphatic heterocycles. The topological polar surface area (TPSA) is 41.0 Å². The molecule has 1 aromatic carbocycles. The van der Waals surface area contributed by atoms with E-state index in [2.05, 4.69) is 44.7 Å². The summed E-state index contributed by atoms with van der Waals surface area (Å²) in [5.74, 6) is 2.62. The minimum Gasteiger partial charge on any atom is -0.354 e. The molecule has 0 saturated carbocycles. The van der Waals surface area contributed by atoms with Gasteiger partial charge in [0.1, 0.15) is 0 Å². The molecule has 4 nitrogen and oxygen atoms in total. The van der Waals surface area contributed by atoms with Gasteiger partial charge in [-0.2, -0.15) is 5.10 Å². The predicted molar refractivity (Wildman–Crippen MR) is 71.6 cm³/mol. The number of rotatable bonds is 1. The second kappa shape index (κ2) is 3.92. The van der Waals surface area contributed by atoms with E-state index in [1.165, 1.54) is 10.8 Å². The van der Waals surface area contributed by atoms with Crippen LogP contribution in [-0.2, 0) is 0 Å². The smallest absolute Gasteiger partial charge is 0.159 e. The predicted octanol–water partition coefficient (Wildman–Crippen LogP) is 1.29. The van der Waals surface area contributed by atoms with Crippen LogP contribution >= 0.6 is 0 Å². The van der Waals surface area contributed by atoms with Gasteiger partial charge in [0, 0.05) is 37.0 Å². The Morgan fingerprint density at radius 3 is 2.72 bits per heavy atom. The minimum absolute atomic E-state index is 0.783. The Balaban J connectivity index is 1.75. The van der Waals surface area contributed by atoms with Crippen molar-refractivity contribution in [3.8, 4) is 0 Å². The van der Waals surface area contributed by atoms with Crippen molar-refractivity contribution in [2.75, 3.05) is 31.1 Å². The Hall–Kier alpha value is -1.68. The van der Waals surface area contributed by atoms with Gasteiger partial charge in [-0.05, 0) is 11.8 Å². The monoisotopic (exact) mass is 240 g/mol. The van der Waals surface area contributed by atoms with Crippen LogP contribution in [0.4, 0.5) is 5.82 Å². The summed E-state index contributed by atoms with van der Waals surface area (Å²) in [6.45, 7) is 4.53. The zero-order chi connectivity index (χ0) is 11.9. The minimum atomic E-state index is 0.783. The van der Waals surface area contributed by atoms with Crippen LogP contribution < -0.4 is 10.2 Å². The summed E-state index contributed by atoms with van der Waals surface area (Å²) < 4.78 is 0. The van der Waals surface area contributed by atoms with Gasteiger partial charge < -0.3 is 10.2 Å². The van der Waals surface area contributed by atoms with Crippen LogP contribution in [0.1, 0.15) is 0 Å². The molecule has 2 aromatic rings. The lowest BCUT2D eigenvalue weighted by Gasteiger charge is -2.19. The third-order valence-corrected chi connectivity index (χ3v) is 4.24. The number of fused-ring (bicyclic) bond motifs is 2. The van der Waals surface area contributed by atoms with E-state index >= 15 is 0 Å². The molecule has 1 N–H and O–H groups in total. The van der Waals surface area contributed by atoms with Crippen molar-refractivity contribution in [1.82, 2.24) is 15.5 Å². The van der Waals surface area contributed by atoms with Crippen LogP contribution in [0.5, 0.6) is 0 Å². The van der Waals surface area contributed by atoms with E-state index < -0.39 is 0 Å². The highest BCUT2D eigenvalue weighted by atomic mass is 15.3. The maximum absolute atomic E-state index is 4.37. The molecule has 0 aliphatic carbocycles.